The van der Waals surface area contributed by atoms with Crippen LogP contribution >= 0.6 is 0 Å². The fourth-order valence-corrected chi connectivity index (χ4v) is 2.59. The van der Waals surface area contributed by atoms with E-state index in [9.17, 15) is 9.59 Å². The molecule has 0 bridgehead atoms. The van der Waals surface area contributed by atoms with E-state index in [1.54, 1.807) is 0 Å². The quantitative estimate of drug-likeness (QED) is 0.857. The van der Waals surface area contributed by atoms with Gasteiger partial charge in [0.25, 0.3) is 11.8 Å². The van der Waals surface area contributed by atoms with Crippen molar-refractivity contribution in [2.45, 2.75) is 33.6 Å². The first kappa shape index (κ1) is 14.3. The second kappa shape index (κ2) is 5.12. The van der Waals surface area contributed by atoms with Crippen LogP contribution in [0.3, 0.4) is 0 Å². The lowest BCUT2D eigenvalue weighted by atomic mass is 9.81. The van der Waals surface area contributed by atoms with Crippen LogP contribution in [0, 0.1) is 12.3 Å². The summed E-state index contributed by atoms with van der Waals surface area (Å²) >= 11 is 0. The Morgan fingerprint density at radius 2 is 1.95 bits per heavy atom. The highest BCUT2D eigenvalue weighted by molar-refractivity contribution is 6.12. The Hall–Kier alpha value is -2.10. The fourth-order valence-electron chi connectivity index (χ4n) is 2.59. The summed E-state index contributed by atoms with van der Waals surface area (Å²) in [7, 11) is 0. The Morgan fingerprint density at radius 1 is 1.30 bits per heavy atom. The van der Waals surface area contributed by atoms with Gasteiger partial charge in [-0.3, -0.25) is 15.0 Å². The third-order valence-corrected chi connectivity index (χ3v) is 4.09. The maximum Gasteiger partial charge on any atom is 0.261 e. The summed E-state index contributed by atoms with van der Waals surface area (Å²) in [6.45, 7) is 9.66. The van der Waals surface area contributed by atoms with Gasteiger partial charge < -0.3 is 0 Å². The Morgan fingerprint density at radius 3 is 2.45 bits per heavy atom. The second-order valence-corrected chi connectivity index (χ2v) is 5.19. The van der Waals surface area contributed by atoms with Crippen LogP contribution in [-0.2, 0) is 9.59 Å². The van der Waals surface area contributed by atoms with Crippen molar-refractivity contribution in [2.75, 3.05) is 0 Å². The minimum Gasteiger partial charge on any atom is -0.272 e. The molecule has 0 radical (unpaired) electrons. The zero-order valence-corrected chi connectivity index (χ0v) is 12.2. The van der Waals surface area contributed by atoms with E-state index in [4.69, 9.17) is 0 Å². The Balaban J connectivity index is 2.34. The van der Waals surface area contributed by atoms with Crippen LogP contribution in [0.2, 0.25) is 0 Å². The molecule has 0 spiro atoms. The molecule has 1 heterocycles. The molecule has 0 aromatic heterocycles. The molecule has 0 unspecified atom stereocenters. The van der Waals surface area contributed by atoms with Gasteiger partial charge in [-0.15, -0.1) is 0 Å². The van der Waals surface area contributed by atoms with Crippen LogP contribution in [0.5, 0.6) is 0 Å². The van der Waals surface area contributed by atoms with Crippen molar-refractivity contribution in [1.29, 1.82) is 0 Å². The van der Waals surface area contributed by atoms with Crippen LogP contribution in [0.1, 0.15) is 37.8 Å². The highest BCUT2D eigenvalue weighted by atomic mass is 16.2. The molecule has 4 heteroatoms. The van der Waals surface area contributed by atoms with Crippen LogP contribution in [-0.4, -0.2) is 16.8 Å². The normalized spacial score (nSPS) is 17.2. The van der Waals surface area contributed by atoms with E-state index in [0.717, 1.165) is 11.1 Å². The van der Waals surface area contributed by atoms with Gasteiger partial charge in [0.15, 0.2) is 0 Å². The van der Waals surface area contributed by atoms with Gasteiger partial charge in [0.1, 0.15) is 5.41 Å². The lowest BCUT2D eigenvalue weighted by Crippen LogP contribution is -2.35. The summed E-state index contributed by atoms with van der Waals surface area (Å²) < 4.78 is 0. The summed E-state index contributed by atoms with van der Waals surface area (Å²) in [4.78, 5) is 24.7. The predicted octanol–water partition coefficient (Wildman–Crippen LogP) is 2.65. The molecule has 0 aliphatic carbocycles. The monoisotopic (exact) mass is 272 g/mol. The molecule has 1 aromatic rings. The molecule has 1 fully saturated rings. The first-order valence-corrected chi connectivity index (χ1v) is 6.88. The average Bonchev–Trinajstić information content (AvgIpc) is 2.70. The lowest BCUT2D eigenvalue weighted by molar-refractivity contribution is -0.138. The lowest BCUT2D eigenvalue weighted by Gasteiger charge is -2.22. The molecular weight excluding hydrogens is 252 g/mol. The van der Waals surface area contributed by atoms with Crippen LogP contribution in [0.4, 0.5) is 0 Å². The van der Waals surface area contributed by atoms with Crippen molar-refractivity contribution in [3.8, 4) is 0 Å². The van der Waals surface area contributed by atoms with Crippen molar-refractivity contribution < 1.29 is 9.59 Å². The molecule has 20 heavy (non-hydrogen) atoms. The maximum atomic E-state index is 12.6. The molecule has 1 aliphatic rings. The van der Waals surface area contributed by atoms with Gasteiger partial charge in [-0.05, 0) is 31.4 Å². The number of carbonyl (C=O) groups is 2. The molecule has 106 valence electrons. The molecule has 1 aromatic carbocycles. The molecular formula is C16H20N2O2. The van der Waals surface area contributed by atoms with E-state index in [1.807, 2.05) is 45.0 Å². The van der Waals surface area contributed by atoms with Gasteiger partial charge in [0.05, 0.1) is 5.70 Å². The van der Waals surface area contributed by atoms with E-state index in [2.05, 4.69) is 12.0 Å². The molecule has 1 aliphatic heterocycles. The van der Waals surface area contributed by atoms with Crippen molar-refractivity contribution in [3.05, 3.63) is 42.0 Å². The number of benzene rings is 1. The minimum absolute atomic E-state index is 0.209. The van der Waals surface area contributed by atoms with Gasteiger partial charge in [0, 0.05) is 0 Å². The molecule has 0 saturated carbocycles. The molecule has 4 nitrogen and oxygen atoms in total. The summed E-state index contributed by atoms with van der Waals surface area (Å²) in [5.41, 5.74) is 4.13. The van der Waals surface area contributed by atoms with Crippen molar-refractivity contribution in [2.24, 2.45) is 5.41 Å². The van der Waals surface area contributed by atoms with Gasteiger partial charge in [-0.1, -0.05) is 44.2 Å². The summed E-state index contributed by atoms with van der Waals surface area (Å²) in [5.74, 6) is -0.444. The highest BCUT2D eigenvalue weighted by Gasteiger charge is 2.52. The van der Waals surface area contributed by atoms with E-state index in [-0.39, 0.29) is 11.8 Å². The van der Waals surface area contributed by atoms with E-state index >= 15 is 0 Å². The Kier molecular flexibility index (Phi) is 3.66. The third kappa shape index (κ3) is 2.01. The number of hydrazine groups is 1. The summed E-state index contributed by atoms with van der Waals surface area (Å²) in [5, 5.41) is 1.30. The van der Waals surface area contributed by atoms with Gasteiger partial charge in [-0.25, -0.2) is 5.01 Å². The SMILES string of the molecule is C=C(c1cccc(C)c1)N1NC(=O)C(CC)(CC)C1=O. The summed E-state index contributed by atoms with van der Waals surface area (Å²) in [6, 6.07) is 7.71. The molecule has 2 rings (SSSR count). The third-order valence-electron chi connectivity index (χ3n) is 4.09. The number of nitrogens with one attached hydrogen (secondary N) is 1. The second-order valence-electron chi connectivity index (χ2n) is 5.19. The average molecular weight is 272 g/mol. The van der Waals surface area contributed by atoms with Crippen molar-refractivity contribution in [1.82, 2.24) is 10.4 Å². The Bertz CT molecular complexity index is 574. The first-order valence-electron chi connectivity index (χ1n) is 6.88. The van der Waals surface area contributed by atoms with Crippen LogP contribution < -0.4 is 5.43 Å². The predicted molar refractivity (Wildman–Crippen MR) is 78.2 cm³/mol. The van der Waals surface area contributed by atoms with Crippen molar-refractivity contribution >= 4 is 17.5 Å². The topological polar surface area (TPSA) is 49.4 Å². The first-order chi connectivity index (χ1) is 9.46. The highest BCUT2D eigenvalue weighted by Crippen LogP contribution is 2.36. The molecule has 2 amide bonds. The number of hydrogen-bond donors (Lipinski definition) is 1. The van der Waals surface area contributed by atoms with E-state index in [1.165, 1.54) is 5.01 Å². The number of nitrogens with zero attached hydrogens (tertiary/aromatic N) is 1. The van der Waals surface area contributed by atoms with Crippen LogP contribution in [0.25, 0.3) is 5.70 Å². The van der Waals surface area contributed by atoms with Crippen LogP contribution in [0.15, 0.2) is 30.8 Å². The van der Waals surface area contributed by atoms with Gasteiger partial charge >= 0.3 is 0 Å². The maximum absolute atomic E-state index is 12.6. The molecule has 1 N–H and O–H groups in total. The number of amides is 2. The zero-order chi connectivity index (χ0) is 14.9. The van der Waals surface area contributed by atoms with Gasteiger partial charge in [0.2, 0.25) is 0 Å². The largest absolute Gasteiger partial charge is 0.272 e. The standard InChI is InChI=1S/C16H20N2O2/c1-5-16(6-2)14(19)17-18(15(16)20)12(4)13-9-7-8-11(3)10-13/h7-10H,4-6H2,1-3H3,(H,17,19). The number of carbonyl (C=O) groups excluding carboxylic acids is 2. The van der Waals surface area contributed by atoms with Crippen molar-refractivity contribution in [3.63, 3.8) is 0 Å². The van der Waals surface area contributed by atoms with Gasteiger partial charge in [-0.2, -0.15) is 0 Å². The number of hydrogen-bond acceptors (Lipinski definition) is 2. The van der Waals surface area contributed by atoms with E-state index in [0.29, 0.717) is 18.5 Å². The van der Waals surface area contributed by atoms with E-state index < -0.39 is 5.41 Å². The smallest absolute Gasteiger partial charge is 0.261 e. The zero-order valence-electron chi connectivity index (χ0n) is 12.2. The number of rotatable bonds is 4. The molecule has 0 atom stereocenters. The Labute approximate surface area is 119 Å². The number of aryl methyl sites for hydroxylation is 1. The fraction of sp³-hybridized carbons (Fsp3) is 0.375. The molecule has 1 saturated heterocycles. The minimum atomic E-state index is -0.952. The summed E-state index contributed by atoms with van der Waals surface area (Å²) in [6.07, 6.45) is 0.984.